The largest absolute Gasteiger partial charge is 0.456 e. The molecule has 32 heavy (non-hydrogen) atoms. The van der Waals surface area contributed by atoms with Crippen LogP contribution in [0.3, 0.4) is 0 Å². The molecule has 0 fully saturated rings. The summed E-state index contributed by atoms with van der Waals surface area (Å²) in [5, 5.41) is 5.50. The normalized spacial score (nSPS) is 10.7. The Morgan fingerprint density at radius 1 is 1.03 bits per heavy atom. The van der Waals surface area contributed by atoms with Gasteiger partial charge in [-0.3, -0.25) is 14.6 Å². The van der Waals surface area contributed by atoms with E-state index in [-0.39, 0.29) is 18.4 Å². The molecule has 162 valence electrons. The molecule has 9 heteroatoms. The first-order chi connectivity index (χ1) is 15.5. The van der Waals surface area contributed by atoms with Crippen molar-refractivity contribution in [3.05, 3.63) is 78.4 Å². The lowest BCUT2D eigenvalue weighted by molar-refractivity contribution is -0.119. The number of benzene rings is 1. The number of imidazole rings is 1. The number of methoxy groups -OCH3 is 1. The summed E-state index contributed by atoms with van der Waals surface area (Å²) in [6.45, 7) is 1.79. The minimum atomic E-state index is -0.289. The van der Waals surface area contributed by atoms with E-state index in [9.17, 15) is 9.59 Å². The SMILES string of the molecule is COCC(=O)Nc1cn2cc(Oc3cccc(NC(=O)c4ncccc4C)c3)ccc2n1. The molecule has 4 aromatic rings. The van der Waals surface area contributed by atoms with Gasteiger partial charge in [-0.15, -0.1) is 0 Å². The van der Waals surface area contributed by atoms with Gasteiger partial charge in [-0.05, 0) is 42.8 Å². The molecule has 2 amide bonds. The minimum absolute atomic E-state index is 0.0466. The predicted molar refractivity (Wildman–Crippen MR) is 119 cm³/mol. The highest BCUT2D eigenvalue weighted by Gasteiger charge is 2.11. The van der Waals surface area contributed by atoms with Gasteiger partial charge in [-0.25, -0.2) is 4.98 Å². The van der Waals surface area contributed by atoms with Gasteiger partial charge in [0.2, 0.25) is 0 Å². The zero-order valence-corrected chi connectivity index (χ0v) is 17.5. The van der Waals surface area contributed by atoms with Gasteiger partial charge < -0.3 is 24.5 Å². The van der Waals surface area contributed by atoms with Gasteiger partial charge in [0.25, 0.3) is 11.8 Å². The Kier molecular flexibility index (Phi) is 6.09. The highest BCUT2D eigenvalue weighted by atomic mass is 16.5. The number of aromatic nitrogens is 3. The van der Waals surface area contributed by atoms with Crippen LogP contribution in [0.2, 0.25) is 0 Å². The summed E-state index contributed by atoms with van der Waals surface area (Å²) in [5.74, 6) is 0.955. The number of rotatable bonds is 7. The maximum absolute atomic E-state index is 12.5. The molecule has 0 aliphatic carbocycles. The predicted octanol–water partition coefficient (Wildman–Crippen LogP) is 3.67. The number of nitrogens with zero attached hydrogens (tertiary/aromatic N) is 3. The topological polar surface area (TPSA) is 107 Å². The van der Waals surface area contributed by atoms with Gasteiger partial charge in [-0.2, -0.15) is 0 Å². The van der Waals surface area contributed by atoms with E-state index in [4.69, 9.17) is 9.47 Å². The van der Waals surface area contributed by atoms with E-state index >= 15 is 0 Å². The first-order valence-electron chi connectivity index (χ1n) is 9.80. The number of ether oxygens (including phenoxy) is 2. The van der Waals surface area contributed by atoms with Crippen molar-refractivity contribution in [1.82, 2.24) is 14.4 Å². The number of pyridine rings is 2. The van der Waals surface area contributed by atoms with E-state index < -0.39 is 0 Å². The molecule has 0 atom stereocenters. The van der Waals surface area contributed by atoms with E-state index in [1.165, 1.54) is 7.11 Å². The molecule has 0 saturated heterocycles. The fraction of sp³-hybridized carbons (Fsp3) is 0.130. The summed E-state index contributed by atoms with van der Waals surface area (Å²) in [7, 11) is 1.45. The zero-order valence-electron chi connectivity index (χ0n) is 17.5. The highest BCUT2D eigenvalue weighted by molar-refractivity contribution is 6.03. The smallest absolute Gasteiger partial charge is 0.274 e. The molecule has 3 heterocycles. The second kappa shape index (κ2) is 9.27. The number of hydrogen-bond acceptors (Lipinski definition) is 6. The van der Waals surface area contributed by atoms with Gasteiger partial charge in [0, 0.05) is 25.1 Å². The number of fused-ring (bicyclic) bond motifs is 1. The Hall–Kier alpha value is -4.24. The van der Waals surface area contributed by atoms with Gasteiger partial charge in [0.15, 0.2) is 5.82 Å². The molecule has 0 spiro atoms. The molecule has 0 radical (unpaired) electrons. The molecule has 0 aliphatic heterocycles. The van der Waals surface area contributed by atoms with Crippen LogP contribution in [0.4, 0.5) is 11.5 Å². The van der Waals surface area contributed by atoms with Crippen LogP contribution in [0.15, 0.2) is 67.1 Å². The number of anilines is 2. The van der Waals surface area contributed by atoms with Gasteiger partial charge >= 0.3 is 0 Å². The van der Waals surface area contributed by atoms with Gasteiger partial charge in [0.05, 0.1) is 12.4 Å². The van der Waals surface area contributed by atoms with Crippen LogP contribution in [0.5, 0.6) is 11.5 Å². The molecule has 0 aliphatic rings. The van der Waals surface area contributed by atoms with Crippen molar-refractivity contribution in [2.45, 2.75) is 6.92 Å². The van der Waals surface area contributed by atoms with Crippen LogP contribution in [0.25, 0.3) is 5.65 Å². The van der Waals surface area contributed by atoms with Crippen molar-refractivity contribution >= 4 is 29.0 Å². The molecule has 2 N–H and O–H groups in total. The Labute approximate surface area is 184 Å². The average Bonchev–Trinajstić information content (AvgIpc) is 3.15. The third-order valence-corrected chi connectivity index (χ3v) is 4.52. The lowest BCUT2D eigenvalue weighted by Crippen LogP contribution is -2.17. The Morgan fingerprint density at radius 3 is 2.72 bits per heavy atom. The van der Waals surface area contributed by atoms with Crippen molar-refractivity contribution in [2.75, 3.05) is 24.4 Å². The maximum Gasteiger partial charge on any atom is 0.274 e. The maximum atomic E-state index is 12.5. The van der Waals surface area contributed by atoms with Crippen molar-refractivity contribution in [3.8, 4) is 11.5 Å². The molecule has 3 aromatic heterocycles. The number of carbonyl (C=O) groups is 2. The molecular weight excluding hydrogens is 410 g/mol. The minimum Gasteiger partial charge on any atom is -0.456 e. The average molecular weight is 431 g/mol. The third-order valence-electron chi connectivity index (χ3n) is 4.52. The molecule has 4 rings (SSSR count). The van der Waals surface area contributed by atoms with E-state index in [2.05, 4.69) is 20.6 Å². The van der Waals surface area contributed by atoms with Crippen molar-refractivity contribution in [3.63, 3.8) is 0 Å². The van der Waals surface area contributed by atoms with E-state index in [0.717, 1.165) is 5.56 Å². The summed E-state index contributed by atoms with van der Waals surface area (Å²) in [5.41, 5.74) is 2.41. The number of amides is 2. The second-order valence-electron chi connectivity index (χ2n) is 6.99. The van der Waals surface area contributed by atoms with Gasteiger partial charge in [-0.1, -0.05) is 12.1 Å². The molecule has 1 aromatic carbocycles. The van der Waals surface area contributed by atoms with Crippen LogP contribution in [0, 0.1) is 6.92 Å². The van der Waals surface area contributed by atoms with Crippen LogP contribution >= 0.6 is 0 Å². The van der Waals surface area contributed by atoms with Crippen molar-refractivity contribution in [2.24, 2.45) is 0 Å². The van der Waals surface area contributed by atoms with E-state index in [0.29, 0.717) is 34.3 Å². The Balaban J connectivity index is 1.47. The standard InChI is InChI=1S/C23H21N5O4/c1-15-5-4-10-24-22(15)23(30)25-16-6-3-7-17(11-16)32-18-8-9-20-26-19(13-28(20)12-18)27-21(29)14-31-2/h3-13H,14H2,1-2H3,(H,25,30)(H,27,29). The number of hydrogen-bond donors (Lipinski definition) is 2. The van der Waals surface area contributed by atoms with E-state index in [1.807, 2.05) is 13.0 Å². The van der Waals surface area contributed by atoms with Crippen molar-refractivity contribution in [1.29, 1.82) is 0 Å². The fourth-order valence-electron chi connectivity index (χ4n) is 3.09. The van der Waals surface area contributed by atoms with Crippen LogP contribution in [0.1, 0.15) is 16.1 Å². The zero-order chi connectivity index (χ0) is 22.5. The third kappa shape index (κ3) is 4.90. The van der Waals surface area contributed by atoms with Crippen LogP contribution in [-0.2, 0) is 9.53 Å². The molecule has 9 nitrogen and oxygen atoms in total. The number of aryl methyl sites for hydroxylation is 1. The Bertz CT molecular complexity index is 1280. The van der Waals surface area contributed by atoms with Crippen molar-refractivity contribution < 1.29 is 19.1 Å². The Morgan fingerprint density at radius 2 is 1.91 bits per heavy atom. The monoisotopic (exact) mass is 431 g/mol. The lowest BCUT2D eigenvalue weighted by atomic mass is 10.2. The summed E-state index contributed by atoms with van der Waals surface area (Å²) >= 11 is 0. The molecule has 0 bridgehead atoms. The number of nitrogens with one attached hydrogen (secondary N) is 2. The summed E-state index contributed by atoms with van der Waals surface area (Å²) in [6.07, 6.45) is 5.01. The molecular formula is C23H21N5O4. The summed E-state index contributed by atoms with van der Waals surface area (Å²) in [6, 6.07) is 14.2. The second-order valence-corrected chi connectivity index (χ2v) is 6.99. The summed E-state index contributed by atoms with van der Waals surface area (Å²) < 4.78 is 12.5. The van der Waals surface area contributed by atoms with Crippen LogP contribution in [-0.4, -0.2) is 39.9 Å². The summed E-state index contributed by atoms with van der Waals surface area (Å²) in [4.78, 5) is 32.6. The molecule has 0 unspecified atom stereocenters. The van der Waals surface area contributed by atoms with Crippen LogP contribution < -0.4 is 15.4 Å². The fourth-order valence-corrected chi connectivity index (χ4v) is 3.09. The first-order valence-corrected chi connectivity index (χ1v) is 9.80. The van der Waals surface area contributed by atoms with Gasteiger partial charge in [0.1, 0.15) is 29.4 Å². The van der Waals surface area contributed by atoms with E-state index in [1.54, 1.807) is 65.5 Å². The highest BCUT2D eigenvalue weighted by Crippen LogP contribution is 2.25. The number of carbonyl (C=O) groups excluding carboxylic acids is 2. The lowest BCUT2D eigenvalue weighted by Gasteiger charge is -2.10. The quantitative estimate of drug-likeness (QED) is 0.462. The molecule has 0 saturated carbocycles. The first kappa shape index (κ1) is 21.0.